The van der Waals surface area contributed by atoms with Crippen molar-refractivity contribution in [3.63, 3.8) is 0 Å². The molecule has 7 nitrogen and oxygen atoms in total. The van der Waals surface area contributed by atoms with E-state index in [1.165, 1.54) is 0 Å². The first-order valence-electron chi connectivity index (χ1n) is 8.95. The molecule has 1 heterocycles. The predicted octanol–water partition coefficient (Wildman–Crippen LogP) is 2.19. The normalized spacial score (nSPS) is 14.0. The molecule has 0 spiro atoms. The number of thioether (sulfide) groups is 1. The molecule has 1 fully saturated rings. The Morgan fingerprint density at radius 2 is 1.76 bits per heavy atom. The Morgan fingerprint density at radius 3 is 2.44 bits per heavy atom. The van der Waals surface area contributed by atoms with Crippen LogP contribution in [0.5, 0.6) is 0 Å². The van der Waals surface area contributed by atoms with E-state index in [-0.39, 0.29) is 25.2 Å². The summed E-state index contributed by atoms with van der Waals surface area (Å²) < 4.78 is 0. The van der Waals surface area contributed by atoms with E-state index >= 15 is 0 Å². The number of nitrogens with one attached hydrogen (secondary N) is 1. The number of hydrogen-bond acceptors (Lipinski definition) is 6. The number of nitrogens with zero attached hydrogens (tertiary/aromatic N) is 1. The number of amides is 3. The molecule has 1 N–H and O–H groups in total. The maximum absolute atomic E-state index is 11.6. The molecule has 0 aliphatic carbocycles. The molecule has 1 saturated heterocycles. The Labute approximate surface area is 153 Å². The third kappa shape index (κ3) is 9.48. The number of rotatable bonds is 13. The van der Waals surface area contributed by atoms with Crippen molar-refractivity contribution >= 4 is 35.5 Å². The molecular formula is C17H28N2O5S. The van der Waals surface area contributed by atoms with Crippen LogP contribution in [-0.2, 0) is 24.0 Å². The number of imide groups is 1. The molecule has 0 bridgehead atoms. The van der Waals surface area contributed by atoms with Crippen LogP contribution in [0.2, 0.25) is 0 Å². The quantitative estimate of drug-likeness (QED) is 0.393. The van der Waals surface area contributed by atoms with Crippen LogP contribution in [0.3, 0.4) is 0 Å². The van der Waals surface area contributed by atoms with Crippen LogP contribution in [0.25, 0.3) is 0 Å². The first kappa shape index (κ1) is 21.5. The number of carbonyl (C=O) groups excluding carboxylic acids is 4. The van der Waals surface area contributed by atoms with Gasteiger partial charge in [0.2, 0.25) is 5.91 Å². The molecule has 0 saturated carbocycles. The zero-order valence-electron chi connectivity index (χ0n) is 14.9. The van der Waals surface area contributed by atoms with E-state index in [1.54, 1.807) is 0 Å². The van der Waals surface area contributed by atoms with Gasteiger partial charge in [-0.1, -0.05) is 13.3 Å². The Morgan fingerprint density at radius 1 is 1.04 bits per heavy atom. The Bertz CT molecular complexity index is 454. The fraction of sp³-hybridized carbons (Fsp3) is 0.765. The molecule has 1 aliphatic heterocycles. The van der Waals surface area contributed by atoms with Crippen molar-refractivity contribution in [3.05, 3.63) is 0 Å². The summed E-state index contributed by atoms with van der Waals surface area (Å²) in [6.45, 7) is 2.74. The Kier molecular flexibility index (Phi) is 10.9. The number of hydrogen-bond donors (Lipinski definition) is 1. The second kappa shape index (κ2) is 12.7. The SMILES string of the molecule is CCCSCCCC(=O)NCCCCCC(=O)ON1C(=O)CCC1=O. The van der Waals surface area contributed by atoms with Gasteiger partial charge in [-0.15, -0.1) is 5.06 Å². The lowest BCUT2D eigenvalue weighted by Crippen LogP contribution is -2.31. The smallest absolute Gasteiger partial charge is 0.333 e. The first-order valence-corrected chi connectivity index (χ1v) is 10.1. The minimum atomic E-state index is -0.572. The molecule has 8 heteroatoms. The summed E-state index contributed by atoms with van der Waals surface area (Å²) in [6.07, 6.45) is 5.12. The van der Waals surface area contributed by atoms with E-state index < -0.39 is 17.8 Å². The summed E-state index contributed by atoms with van der Waals surface area (Å²) in [7, 11) is 0. The van der Waals surface area contributed by atoms with Gasteiger partial charge in [-0.3, -0.25) is 14.4 Å². The molecule has 1 aliphatic rings. The highest BCUT2D eigenvalue weighted by Gasteiger charge is 2.32. The van der Waals surface area contributed by atoms with Crippen molar-refractivity contribution in [1.82, 2.24) is 10.4 Å². The van der Waals surface area contributed by atoms with Crippen molar-refractivity contribution in [2.24, 2.45) is 0 Å². The summed E-state index contributed by atoms with van der Waals surface area (Å²) >= 11 is 1.87. The van der Waals surface area contributed by atoms with Crippen molar-refractivity contribution in [3.8, 4) is 0 Å². The second-order valence-corrected chi connectivity index (χ2v) is 7.15. The van der Waals surface area contributed by atoms with E-state index in [1.807, 2.05) is 11.8 Å². The molecule has 1 rings (SSSR count). The van der Waals surface area contributed by atoms with Gasteiger partial charge >= 0.3 is 5.97 Å². The van der Waals surface area contributed by atoms with Crippen LogP contribution in [0.15, 0.2) is 0 Å². The third-order valence-electron chi connectivity index (χ3n) is 3.62. The molecule has 0 aromatic rings. The van der Waals surface area contributed by atoms with Gasteiger partial charge in [-0.05, 0) is 37.2 Å². The zero-order chi connectivity index (χ0) is 18.5. The number of hydroxylamine groups is 2. The van der Waals surface area contributed by atoms with Gasteiger partial charge in [0.05, 0.1) is 0 Å². The van der Waals surface area contributed by atoms with Crippen LogP contribution >= 0.6 is 11.8 Å². The maximum atomic E-state index is 11.6. The molecule has 3 amide bonds. The lowest BCUT2D eigenvalue weighted by molar-refractivity contribution is -0.197. The zero-order valence-corrected chi connectivity index (χ0v) is 15.7. The predicted molar refractivity (Wildman–Crippen MR) is 95.5 cm³/mol. The second-order valence-electron chi connectivity index (χ2n) is 5.92. The minimum absolute atomic E-state index is 0.0718. The summed E-state index contributed by atoms with van der Waals surface area (Å²) in [5, 5.41) is 3.44. The molecular weight excluding hydrogens is 344 g/mol. The van der Waals surface area contributed by atoms with Gasteiger partial charge in [-0.2, -0.15) is 11.8 Å². The van der Waals surface area contributed by atoms with E-state index in [2.05, 4.69) is 12.2 Å². The topological polar surface area (TPSA) is 92.8 Å². The van der Waals surface area contributed by atoms with Crippen LogP contribution in [-0.4, -0.2) is 46.8 Å². The maximum Gasteiger partial charge on any atom is 0.333 e. The highest BCUT2D eigenvalue weighted by Crippen LogP contribution is 2.13. The lowest BCUT2D eigenvalue weighted by atomic mass is 10.2. The number of carbonyl (C=O) groups is 4. The fourth-order valence-electron chi connectivity index (χ4n) is 2.27. The fourth-order valence-corrected chi connectivity index (χ4v) is 3.12. The highest BCUT2D eigenvalue weighted by atomic mass is 32.2. The first-order chi connectivity index (χ1) is 12.0. The molecule has 0 atom stereocenters. The molecule has 0 unspecified atom stereocenters. The van der Waals surface area contributed by atoms with E-state index in [0.29, 0.717) is 24.4 Å². The molecule has 0 aromatic heterocycles. The average molecular weight is 372 g/mol. The Balaban J connectivity index is 1.95. The van der Waals surface area contributed by atoms with E-state index in [0.717, 1.165) is 37.2 Å². The molecule has 0 aromatic carbocycles. The van der Waals surface area contributed by atoms with E-state index in [4.69, 9.17) is 4.84 Å². The van der Waals surface area contributed by atoms with Crippen molar-refractivity contribution in [2.75, 3.05) is 18.1 Å². The van der Waals surface area contributed by atoms with Gasteiger partial charge in [0.25, 0.3) is 11.8 Å². The van der Waals surface area contributed by atoms with Gasteiger partial charge in [0.15, 0.2) is 0 Å². The monoisotopic (exact) mass is 372 g/mol. The van der Waals surface area contributed by atoms with Crippen LogP contribution < -0.4 is 5.32 Å². The summed E-state index contributed by atoms with van der Waals surface area (Å²) in [5.74, 6) is 0.735. The summed E-state index contributed by atoms with van der Waals surface area (Å²) in [5.41, 5.74) is 0. The third-order valence-corrected chi connectivity index (χ3v) is 4.89. The summed E-state index contributed by atoms with van der Waals surface area (Å²) in [6, 6.07) is 0. The molecule has 142 valence electrons. The van der Waals surface area contributed by atoms with E-state index in [9.17, 15) is 19.2 Å². The lowest BCUT2D eigenvalue weighted by Gasteiger charge is -2.12. The largest absolute Gasteiger partial charge is 0.356 e. The molecule has 0 radical (unpaired) electrons. The Hall–Kier alpha value is -1.57. The standard InChI is InChI=1S/C17H28N2O5S/c1-2-12-25-13-6-7-14(20)18-11-5-3-4-8-17(23)24-19-15(21)9-10-16(19)22/h2-13H2,1H3,(H,18,20). The van der Waals surface area contributed by atoms with Crippen molar-refractivity contribution < 1.29 is 24.0 Å². The van der Waals surface area contributed by atoms with Gasteiger partial charge in [0.1, 0.15) is 0 Å². The highest BCUT2D eigenvalue weighted by molar-refractivity contribution is 7.99. The van der Waals surface area contributed by atoms with Gasteiger partial charge in [0, 0.05) is 32.2 Å². The van der Waals surface area contributed by atoms with Crippen molar-refractivity contribution in [1.29, 1.82) is 0 Å². The average Bonchev–Trinajstić information content (AvgIpc) is 2.89. The van der Waals surface area contributed by atoms with Crippen molar-refractivity contribution in [2.45, 2.75) is 64.7 Å². The summed E-state index contributed by atoms with van der Waals surface area (Å²) in [4.78, 5) is 50.6. The van der Waals surface area contributed by atoms with Gasteiger partial charge in [-0.25, -0.2) is 4.79 Å². The van der Waals surface area contributed by atoms with Crippen LogP contribution in [0, 0.1) is 0 Å². The van der Waals surface area contributed by atoms with Crippen LogP contribution in [0.1, 0.15) is 64.7 Å². The number of unbranched alkanes of at least 4 members (excludes halogenated alkanes) is 2. The van der Waals surface area contributed by atoms with Gasteiger partial charge < -0.3 is 10.2 Å². The minimum Gasteiger partial charge on any atom is -0.356 e. The van der Waals surface area contributed by atoms with Crippen LogP contribution in [0.4, 0.5) is 0 Å². The molecule has 25 heavy (non-hydrogen) atoms.